The lowest BCUT2D eigenvalue weighted by molar-refractivity contribution is -0.280. The summed E-state index contributed by atoms with van der Waals surface area (Å²) in [5.74, 6) is -2.80. The SMILES string of the molecule is CC(=O)N[C@H]1[C@@H](NC(C)=O)C[C@](SC(C)[C@H]2O[C@@H](O)[C@H](O)[C@@H](O)[C@H]2O)(C(=O)O)O[C@@H]1C(O)C(O)CO. The first-order valence-corrected chi connectivity index (χ1v) is 12.0. The van der Waals surface area contributed by atoms with Crippen LogP contribution in [0, 0.1) is 0 Å². The first-order chi connectivity index (χ1) is 16.6. The fraction of sp³-hybridized carbons (Fsp3) is 0.850. The van der Waals surface area contributed by atoms with Crippen LogP contribution < -0.4 is 10.6 Å². The number of aliphatic hydroxyl groups is 7. The van der Waals surface area contributed by atoms with Crippen molar-refractivity contribution in [1.82, 2.24) is 10.6 Å². The van der Waals surface area contributed by atoms with E-state index >= 15 is 0 Å². The predicted octanol–water partition coefficient (Wildman–Crippen LogP) is -4.80. The number of aliphatic hydroxyl groups excluding tert-OH is 7. The third-order valence-electron chi connectivity index (χ3n) is 6.07. The standard InChI is InChI=1S/C20H34N2O13S/c1-6(16-14(29)13(28)15(30)18(31)34-16)36-20(19(32)33)4-9(21-7(2)24)11(22-8(3)25)17(35-20)12(27)10(26)5-23/h6,9-18,23,26-31H,4-5H2,1-3H3,(H,21,24)(H,22,25)(H,32,33)/t6?,9-,10?,11-,12?,13-,14+,15+,16+,17-,18+,20-/m0/s1. The summed E-state index contributed by atoms with van der Waals surface area (Å²) in [5, 5.41) is 84.1. The molecule has 2 aliphatic heterocycles. The van der Waals surface area contributed by atoms with Gasteiger partial charge in [-0.3, -0.25) is 9.59 Å². The number of thioether (sulfide) groups is 1. The quantitative estimate of drug-likeness (QED) is 0.131. The van der Waals surface area contributed by atoms with Gasteiger partial charge in [-0.05, 0) is 0 Å². The largest absolute Gasteiger partial charge is 0.478 e. The molecule has 0 saturated carbocycles. The van der Waals surface area contributed by atoms with Crippen molar-refractivity contribution in [2.75, 3.05) is 6.61 Å². The van der Waals surface area contributed by atoms with Gasteiger partial charge in [-0.25, -0.2) is 4.79 Å². The van der Waals surface area contributed by atoms with E-state index in [0.717, 1.165) is 13.8 Å². The Morgan fingerprint density at radius 2 is 1.58 bits per heavy atom. The molecule has 0 aromatic rings. The fourth-order valence-corrected chi connectivity index (χ4v) is 5.82. The van der Waals surface area contributed by atoms with Gasteiger partial charge in [-0.1, -0.05) is 6.92 Å². The number of carboxylic acids is 1. The van der Waals surface area contributed by atoms with Crippen molar-refractivity contribution in [3.63, 3.8) is 0 Å². The van der Waals surface area contributed by atoms with E-state index in [2.05, 4.69) is 10.6 Å². The molecule has 2 amide bonds. The zero-order valence-corrected chi connectivity index (χ0v) is 20.6. The smallest absolute Gasteiger partial charge is 0.346 e. The van der Waals surface area contributed by atoms with Gasteiger partial charge in [0, 0.05) is 25.5 Å². The summed E-state index contributed by atoms with van der Waals surface area (Å²) < 4.78 is 11.0. The van der Waals surface area contributed by atoms with E-state index < -0.39 is 102 Å². The van der Waals surface area contributed by atoms with E-state index in [-0.39, 0.29) is 0 Å². The Morgan fingerprint density at radius 1 is 1.00 bits per heavy atom. The van der Waals surface area contributed by atoms with E-state index in [0.29, 0.717) is 11.8 Å². The van der Waals surface area contributed by atoms with Gasteiger partial charge in [0.1, 0.15) is 42.7 Å². The number of amides is 2. The van der Waals surface area contributed by atoms with Crippen LogP contribution in [0.15, 0.2) is 0 Å². The average Bonchev–Trinajstić information content (AvgIpc) is 2.79. The Bertz CT molecular complexity index is 806. The lowest BCUT2D eigenvalue weighted by atomic mass is 9.87. The summed E-state index contributed by atoms with van der Waals surface area (Å²) >= 11 is 0.554. The van der Waals surface area contributed by atoms with Gasteiger partial charge in [-0.15, -0.1) is 11.8 Å². The third kappa shape index (κ3) is 6.63. The van der Waals surface area contributed by atoms with Crippen LogP contribution in [0.3, 0.4) is 0 Å². The lowest BCUT2D eigenvalue weighted by Gasteiger charge is -2.49. The molecule has 2 fully saturated rings. The predicted molar refractivity (Wildman–Crippen MR) is 120 cm³/mol. The topological polar surface area (TPSA) is 256 Å². The van der Waals surface area contributed by atoms with E-state index in [1.54, 1.807) is 0 Å². The highest BCUT2D eigenvalue weighted by Crippen LogP contribution is 2.44. The summed E-state index contributed by atoms with van der Waals surface area (Å²) in [6, 6.07) is -2.36. The average molecular weight is 543 g/mol. The molecule has 2 rings (SSSR count). The molecule has 15 nitrogen and oxygen atoms in total. The molecule has 0 spiro atoms. The van der Waals surface area contributed by atoms with Crippen molar-refractivity contribution in [2.45, 2.75) is 98.5 Å². The molecule has 36 heavy (non-hydrogen) atoms. The van der Waals surface area contributed by atoms with Crippen LogP contribution in [0.2, 0.25) is 0 Å². The van der Waals surface area contributed by atoms with Gasteiger partial charge in [0.15, 0.2) is 6.29 Å². The maximum Gasteiger partial charge on any atom is 0.346 e. The van der Waals surface area contributed by atoms with Crippen molar-refractivity contribution in [1.29, 1.82) is 0 Å². The van der Waals surface area contributed by atoms with Gasteiger partial charge in [0.2, 0.25) is 16.7 Å². The van der Waals surface area contributed by atoms with Crippen LogP contribution in [-0.4, -0.2) is 137 Å². The van der Waals surface area contributed by atoms with E-state index in [9.17, 15) is 55.2 Å². The molecule has 0 aromatic heterocycles. The molecule has 2 heterocycles. The second-order valence-electron chi connectivity index (χ2n) is 8.90. The first kappa shape index (κ1) is 30.6. The second-order valence-corrected chi connectivity index (χ2v) is 10.5. The molecule has 0 radical (unpaired) electrons. The molecule has 0 aromatic carbocycles. The Labute approximate surface area is 210 Å². The molecule has 0 aliphatic carbocycles. The molecule has 12 atom stereocenters. The molecule has 3 unspecified atom stereocenters. The highest BCUT2D eigenvalue weighted by atomic mass is 32.2. The number of hydrogen-bond acceptors (Lipinski definition) is 13. The second kappa shape index (κ2) is 12.3. The summed E-state index contributed by atoms with van der Waals surface area (Å²) in [4.78, 5) is 34.0. The summed E-state index contributed by atoms with van der Waals surface area (Å²) in [7, 11) is 0. The van der Waals surface area contributed by atoms with Crippen LogP contribution in [0.1, 0.15) is 27.2 Å². The highest BCUT2D eigenvalue weighted by molar-refractivity contribution is 8.01. The third-order valence-corrected chi connectivity index (χ3v) is 7.53. The van der Waals surface area contributed by atoms with Crippen LogP contribution in [0.25, 0.3) is 0 Å². The van der Waals surface area contributed by atoms with Crippen LogP contribution in [0.4, 0.5) is 0 Å². The molecule has 2 aliphatic rings. The fourth-order valence-electron chi connectivity index (χ4n) is 4.32. The van der Waals surface area contributed by atoms with Gasteiger partial charge in [0.25, 0.3) is 0 Å². The van der Waals surface area contributed by atoms with Gasteiger partial charge in [-0.2, -0.15) is 0 Å². The minimum atomic E-state index is -2.28. The molecule has 2 saturated heterocycles. The zero-order chi connectivity index (χ0) is 27.5. The van der Waals surface area contributed by atoms with Crippen LogP contribution in [-0.2, 0) is 23.9 Å². The van der Waals surface area contributed by atoms with Crippen molar-refractivity contribution < 1.29 is 64.7 Å². The minimum Gasteiger partial charge on any atom is -0.478 e. The first-order valence-electron chi connectivity index (χ1n) is 11.1. The number of hydrogen-bond donors (Lipinski definition) is 10. The molecule has 208 valence electrons. The minimum absolute atomic E-state index is 0.475. The van der Waals surface area contributed by atoms with Crippen LogP contribution >= 0.6 is 11.8 Å². The number of carbonyl (C=O) groups is 3. The Kier molecular flexibility index (Phi) is 10.5. The van der Waals surface area contributed by atoms with Gasteiger partial charge < -0.3 is 61.0 Å². The number of aliphatic carboxylic acids is 1. The number of nitrogens with one attached hydrogen (secondary N) is 2. The number of carboxylic acid groups (broad SMARTS) is 1. The number of carbonyl (C=O) groups excluding carboxylic acids is 2. The Balaban J connectivity index is 2.47. The molecule has 0 bridgehead atoms. The summed E-state index contributed by atoms with van der Waals surface area (Å²) in [6.07, 6.45) is -14.4. The van der Waals surface area contributed by atoms with Gasteiger partial charge >= 0.3 is 5.97 Å². The molecular formula is C20H34N2O13S. The van der Waals surface area contributed by atoms with Gasteiger partial charge in [0.05, 0.1) is 18.7 Å². The zero-order valence-electron chi connectivity index (χ0n) is 19.8. The molecular weight excluding hydrogens is 508 g/mol. The van der Waals surface area contributed by atoms with Crippen molar-refractivity contribution in [3.05, 3.63) is 0 Å². The number of rotatable bonds is 9. The Hall–Kier alpha value is -1.60. The van der Waals surface area contributed by atoms with E-state index in [1.807, 2.05) is 0 Å². The normalized spacial score (nSPS) is 39.5. The van der Waals surface area contributed by atoms with Crippen molar-refractivity contribution in [2.24, 2.45) is 0 Å². The monoisotopic (exact) mass is 542 g/mol. The summed E-state index contributed by atoms with van der Waals surface area (Å²) in [5.41, 5.74) is 0. The molecule has 16 heteroatoms. The molecule has 10 N–H and O–H groups in total. The van der Waals surface area contributed by atoms with Crippen molar-refractivity contribution in [3.8, 4) is 0 Å². The summed E-state index contributed by atoms with van der Waals surface area (Å²) in [6.45, 7) is 2.75. The lowest BCUT2D eigenvalue weighted by Crippen LogP contribution is -2.70. The maximum atomic E-state index is 12.5. The number of ether oxygens (including phenoxy) is 2. The van der Waals surface area contributed by atoms with E-state index in [1.165, 1.54) is 6.92 Å². The van der Waals surface area contributed by atoms with Crippen LogP contribution in [0.5, 0.6) is 0 Å². The van der Waals surface area contributed by atoms with Crippen molar-refractivity contribution >= 4 is 29.5 Å². The van der Waals surface area contributed by atoms with E-state index in [4.69, 9.17) is 9.47 Å². The highest BCUT2D eigenvalue weighted by Gasteiger charge is 2.57. The maximum absolute atomic E-state index is 12.5. The Morgan fingerprint density at radius 3 is 2.08 bits per heavy atom.